The zero-order valence-corrected chi connectivity index (χ0v) is 22.7. The number of aromatic nitrogens is 1. The van der Waals surface area contributed by atoms with Crippen molar-refractivity contribution in [2.75, 3.05) is 32.0 Å². The normalized spacial score (nSPS) is 17.3. The lowest BCUT2D eigenvalue weighted by Crippen LogP contribution is -2.53. The van der Waals surface area contributed by atoms with Gasteiger partial charge in [-0.3, -0.25) is 4.90 Å². The summed E-state index contributed by atoms with van der Waals surface area (Å²) in [5, 5.41) is 5.79. The molecule has 188 valence electrons. The molecule has 0 aliphatic carbocycles. The SMILES string of the molecule is CC(C)c1nc2c(s1)Nc1ccccc1N=C2N1CCN(C)C(CCc2ccc(F)cc2)C1.Cl.Cl. The Morgan fingerprint density at radius 2 is 1.83 bits per heavy atom. The zero-order valence-electron chi connectivity index (χ0n) is 20.2. The van der Waals surface area contributed by atoms with Crippen LogP contribution in [-0.4, -0.2) is 53.3 Å². The predicted molar refractivity (Wildman–Crippen MR) is 149 cm³/mol. The van der Waals surface area contributed by atoms with E-state index in [-0.39, 0.29) is 30.6 Å². The van der Waals surface area contributed by atoms with Gasteiger partial charge < -0.3 is 10.2 Å². The number of hydrogen-bond acceptors (Lipinski definition) is 6. The largest absolute Gasteiger partial charge is 0.352 e. The number of anilines is 2. The van der Waals surface area contributed by atoms with Gasteiger partial charge >= 0.3 is 0 Å². The second kappa shape index (κ2) is 11.7. The minimum Gasteiger partial charge on any atom is -0.352 e. The first kappa shape index (κ1) is 27.4. The molecule has 5 rings (SSSR count). The number of benzene rings is 2. The van der Waals surface area contributed by atoms with Gasteiger partial charge in [0.05, 0.1) is 16.4 Å². The lowest BCUT2D eigenvalue weighted by molar-refractivity contribution is 0.134. The van der Waals surface area contributed by atoms with E-state index in [0.717, 1.165) is 65.4 Å². The molecule has 1 unspecified atom stereocenters. The van der Waals surface area contributed by atoms with Crippen LogP contribution >= 0.6 is 36.2 Å². The van der Waals surface area contributed by atoms with Crippen LogP contribution in [0.3, 0.4) is 0 Å². The number of likely N-dealkylation sites (N-methyl/N-ethyl adjacent to an activating group) is 1. The van der Waals surface area contributed by atoms with Crippen molar-refractivity contribution in [3.63, 3.8) is 0 Å². The highest BCUT2D eigenvalue weighted by Crippen LogP contribution is 2.39. The van der Waals surface area contributed by atoms with E-state index in [1.54, 1.807) is 23.5 Å². The number of rotatable bonds is 4. The van der Waals surface area contributed by atoms with E-state index in [1.807, 2.05) is 24.3 Å². The van der Waals surface area contributed by atoms with Crippen LogP contribution < -0.4 is 5.32 Å². The van der Waals surface area contributed by atoms with Crippen molar-refractivity contribution in [2.24, 2.45) is 4.99 Å². The van der Waals surface area contributed by atoms with E-state index < -0.39 is 0 Å². The maximum Gasteiger partial charge on any atom is 0.158 e. The first-order valence-electron chi connectivity index (χ1n) is 11.6. The molecule has 5 nitrogen and oxygen atoms in total. The Labute approximate surface area is 223 Å². The Balaban J connectivity index is 0.00000171. The quantitative estimate of drug-likeness (QED) is 0.407. The van der Waals surface area contributed by atoms with Crippen molar-refractivity contribution in [3.8, 4) is 0 Å². The number of aliphatic imine (C=N–C) groups is 1. The summed E-state index contributed by atoms with van der Waals surface area (Å²) in [5.74, 6) is 1.15. The average Bonchev–Trinajstić information content (AvgIpc) is 3.16. The molecule has 3 aromatic rings. The van der Waals surface area contributed by atoms with E-state index in [0.29, 0.717) is 12.0 Å². The summed E-state index contributed by atoms with van der Waals surface area (Å²) in [6.45, 7) is 7.15. The number of hydrogen-bond donors (Lipinski definition) is 1. The molecule has 1 N–H and O–H groups in total. The minimum absolute atomic E-state index is 0. The summed E-state index contributed by atoms with van der Waals surface area (Å²) in [7, 11) is 2.20. The molecule has 0 saturated carbocycles. The van der Waals surface area contributed by atoms with E-state index in [2.05, 4.69) is 48.1 Å². The van der Waals surface area contributed by atoms with Gasteiger partial charge in [-0.2, -0.15) is 0 Å². The molecular formula is C26H32Cl2FN5S. The number of para-hydroxylation sites is 2. The Kier molecular flexibility index (Phi) is 9.16. The number of amidine groups is 1. The summed E-state index contributed by atoms with van der Waals surface area (Å²) in [6, 6.07) is 15.5. The van der Waals surface area contributed by atoms with E-state index in [4.69, 9.17) is 9.98 Å². The van der Waals surface area contributed by atoms with Gasteiger partial charge in [-0.15, -0.1) is 36.2 Å². The molecule has 35 heavy (non-hydrogen) atoms. The van der Waals surface area contributed by atoms with Crippen molar-refractivity contribution in [1.82, 2.24) is 14.8 Å². The van der Waals surface area contributed by atoms with Crippen LogP contribution in [0.25, 0.3) is 0 Å². The second-order valence-corrected chi connectivity index (χ2v) is 10.2. The molecule has 1 aromatic heterocycles. The number of aryl methyl sites for hydroxylation is 1. The summed E-state index contributed by atoms with van der Waals surface area (Å²) in [6.07, 6.45) is 1.95. The van der Waals surface area contributed by atoms with Gasteiger partial charge in [-0.1, -0.05) is 38.1 Å². The highest BCUT2D eigenvalue weighted by molar-refractivity contribution is 7.16. The zero-order chi connectivity index (χ0) is 22.9. The van der Waals surface area contributed by atoms with Crippen LogP contribution in [0.15, 0.2) is 53.5 Å². The lowest BCUT2D eigenvalue weighted by Gasteiger charge is -2.40. The maximum atomic E-state index is 13.3. The van der Waals surface area contributed by atoms with Gasteiger partial charge in [0.2, 0.25) is 0 Å². The number of nitrogens with zero attached hydrogens (tertiary/aromatic N) is 4. The number of halogens is 3. The van der Waals surface area contributed by atoms with E-state index >= 15 is 0 Å². The smallest absolute Gasteiger partial charge is 0.158 e. The van der Waals surface area contributed by atoms with Crippen LogP contribution in [0.1, 0.15) is 42.5 Å². The molecule has 2 aliphatic heterocycles. The predicted octanol–water partition coefficient (Wildman–Crippen LogP) is 6.63. The standard InChI is InChI=1S/C26H30FN5S.2ClH/c1-17(2)25-30-23-24(28-21-6-4-5-7-22(21)29-26(23)33-25)32-15-14-31(3)20(16-32)13-10-18-8-11-19(27)12-9-18;;/h4-9,11-12,17,20,29H,10,13-16H2,1-3H3;2*1H. The fourth-order valence-electron chi connectivity index (χ4n) is 4.44. The molecule has 0 bridgehead atoms. The highest BCUT2D eigenvalue weighted by Gasteiger charge is 2.31. The van der Waals surface area contributed by atoms with E-state index in [9.17, 15) is 4.39 Å². The summed E-state index contributed by atoms with van der Waals surface area (Å²) < 4.78 is 13.3. The van der Waals surface area contributed by atoms with Crippen LogP contribution in [0.2, 0.25) is 0 Å². The topological polar surface area (TPSA) is 43.8 Å². The molecule has 0 amide bonds. The minimum atomic E-state index is -0.181. The molecule has 1 saturated heterocycles. The van der Waals surface area contributed by atoms with Gasteiger partial charge in [-0.25, -0.2) is 14.4 Å². The Hall–Kier alpha value is -2.19. The first-order chi connectivity index (χ1) is 16.0. The van der Waals surface area contributed by atoms with Crippen LogP contribution in [0, 0.1) is 5.82 Å². The van der Waals surface area contributed by atoms with Gasteiger partial charge in [0.25, 0.3) is 0 Å². The highest BCUT2D eigenvalue weighted by atomic mass is 35.5. The maximum absolute atomic E-state index is 13.3. The van der Waals surface area contributed by atoms with E-state index in [1.165, 1.54) is 5.56 Å². The Bertz CT molecular complexity index is 1160. The third-order valence-corrected chi connectivity index (χ3v) is 7.76. The molecule has 1 fully saturated rings. The molecule has 3 heterocycles. The lowest BCUT2D eigenvalue weighted by atomic mass is 10.0. The molecule has 2 aliphatic rings. The molecular weight excluding hydrogens is 504 g/mol. The fraction of sp³-hybridized carbons (Fsp3) is 0.385. The Morgan fingerprint density at radius 1 is 1.09 bits per heavy atom. The van der Waals surface area contributed by atoms with Crippen molar-refractivity contribution in [3.05, 3.63) is 70.6 Å². The average molecular weight is 537 g/mol. The number of piperazine rings is 1. The third kappa shape index (κ3) is 5.97. The van der Waals surface area contributed by atoms with Crippen molar-refractivity contribution >= 4 is 58.4 Å². The summed E-state index contributed by atoms with van der Waals surface area (Å²) >= 11 is 1.73. The van der Waals surface area contributed by atoms with Crippen LogP contribution in [-0.2, 0) is 6.42 Å². The molecule has 0 radical (unpaired) electrons. The van der Waals surface area contributed by atoms with Crippen molar-refractivity contribution < 1.29 is 4.39 Å². The number of nitrogens with one attached hydrogen (secondary N) is 1. The summed E-state index contributed by atoms with van der Waals surface area (Å²) in [4.78, 5) is 15.0. The van der Waals surface area contributed by atoms with Crippen molar-refractivity contribution in [2.45, 2.75) is 38.6 Å². The van der Waals surface area contributed by atoms with Crippen molar-refractivity contribution in [1.29, 1.82) is 0 Å². The third-order valence-electron chi connectivity index (χ3n) is 6.48. The number of thiazole rings is 1. The first-order valence-corrected chi connectivity index (χ1v) is 12.4. The molecule has 0 spiro atoms. The molecule has 1 atom stereocenters. The summed E-state index contributed by atoms with van der Waals surface area (Å²) in [5.41, 5.74) is 4.11. The van der Waals surface area contributed by atoms with Gasteiger partial charge in [0.15, 0.2) is 5.84 Å². The van der Waals surface area contributed by atoms with Crippen LogP contribution in [0.4, 0.5) is 20.8 Å². The van der Waals surface area contributed by atoms with Gasteiger partial charge in [-0.05, 0) is 49.7 Å². The fourth-order valence-corrected chi connectivity index (χ4v) is 5.42. The number of fused-ring (bicyclic) bond motifs is 2. The second-order valence-electron chi connectivity index (χ2n) is 9.21. The monoisotopic (exact) mass is 535 g/mol. The Morgan fingerprint density at radius 3 is 2.57 bits per heavy atom. The van der Waals surface area contributed by atoms with Crippen LogP contribution in [0.5, 0.6) is 0 Å². The molecule has 9 heteroatoms. The molecule has 2 aromatic carbocycles. The van der Waals surface area contributed by atoms with Gasteiger partial charge in [0, 0.05) is 31.6 Å². The van der Waals surface area contributed by atoms with Gasteiger partial charge in [0.1, 0.15) is 16.5 Å².